The Balaban J connectivity index is 1.50. The number of carbonyl (C=O) groups is 1. The van der Waals surface area contributed by atoms with Gasteiger partial charge in [0.2, 0.25) is 5.82 Å². The van der Waals surface area contributed by atoms with Crippen molar-refractivity contribution in [2.45, 2.75) is 58.2 Å². The number of hydrogen-bond donors (Lipinski definition) is 3. The van der Waals surface area contributed by atoms with Gasteiger partial charge in [-0.05, 0) is 74.9 Å². The van der Waals surface area contributed by atoms with Crippen LogP contribution in [0.3, 0.4) is 0 Å². The second-order valence-electron chi connectivity index (χ2n) is 9.29. The van der Waals surface area contributed by atoms with Crippen molar-refractivity contribution in [2.24, 2.45) is 0 Å². The molecular formula is C27H28ClN5O3. The molecule has 5 rings (SSSR count). The number of carbonyl (C=O) groups excluding carboxylic acids is 1. The smallest absolute Gasteiger partial charge is 0.289 e. The van der Waals surface area contributed by atoms with Gasteiger partial charge >= 0.3 is 0 Å². The largest absolute Gasteiger partial charge is 0.393 e. The number of aliphatic hydroxyl groups is 1. The van der Waals surface area contributed by atoms with Crippen LogP contribution in [0, 0.1) is 13.8 Å². The normalized spacial score (nSPS) is 17.8. The van der Waals surface area contributed by atoms with Crippen LogP contribution in [0.15, 0.2) is 47.0 Å². The van der Waals surface area contributed by atoms with Gasteiger partial charge < -0.3 is 20.3 Å². The van der Waals surface area contributed by atoms with Crippen LogP contribution < -0.4 is 10.6 Å². The zero-order valence-electron chi connectivity index (χ0n) is 20.2. The lowest BCUT2D eigenvalue weighted by molar-refractivity contribution is 0.0859. The van der Waals surface area contributed by atoms with Gasteiger partial charge in [-0.15, -0.1) is 0 Å². The van der Waals surface area contributed by atoms with Gasteiger partial charge in [0.1, 0.15) is 11.6 Å². The van der Waals surface area contributed by atoms with E-state index < -0.39 is 0 Å². The molecule has 1 fully saturated rings. The van der Waals surface area contributed by atoms with E-state index in [0.29, 0.717) is 35.7 Å². The molecule has 0 unspecified atom stereocenters. The van der Waals surface area contributed by atoms with Crippen LogP contribution in [0.1, 0.15) is 53.3 Å². The van der Waals surface area contributed by atoms with Gasteiger partial charge in [0.15, 0.2) is 0 Å². The molecule has 0 spiro atoms. The Kier molecular flexibility index (Phi) is 6.89. The van der Waals surface area contributed by atoms with Crippen LogP contribution in [0.4, 0.5) is 5.82 Å². The van der Waals surface area contributed by atoms with E-state index in [0.717, 1.165) is 46.4 Å². The van der Waals surface area contributed by atoms with E-state index in [1.807, 2.05) is 56.3 Å². The molecule has 186 valence electrons. The van der Waals surface area contributed by atoms with E-state index >= 15 is 0 Å². The van der Waals surface area contributed by atoms with Gasteiger partial charge in [0.05, 0.1) is 17.3 Å². The summed E-state index contributed by atoms with van der Waals surface area (Å²) in [4.78, 5) is 22.3. The van der Waals surface area contributed by atoms with Crippen molar-refractivity contribution >= 4 is 34.2 Å². The van der Waals surface area contributed by atoms with Gasteiger partial charge in [0.25, 0.3) is 5.91 Å². The average molecular weight is 506 g/mol. The van der Waals surface area contributed by atoms with Crippen LogP contribution in [-0.4, -0.2) is 38.3 Å². The van der Waals surface area contributed by atoms with E-state index in [9.17, 15) is 9.90 Å². The molecule has 3 N–H and O–H groups in total. The number of aliphatic hydroxyl groups excluding tert-OH is 1. The molecule has 2 heterocycles. The maximum Gasteiger partial charge on any atom is 0.289 e. The quantitative estimate of drug-likeness (QED) is 0.330. The molecule has 1 aliphatic carbocycles. The predicted molar refractivity (Wildman–Crippen MR) is 139 cm³/mol. The second kappa shape index (κ2) is 10.2. The fourth-order valence-electron chi connectivity index (χ4n) is 4.72. The Bertz CT molecular complexity index is 1390. The number of fused-ring (bicyclic) bond motifs is 1. The number of aromatic nitrogens is 3. The number of halogens is 1. The molecule has 0 radical (unpaired) electrons. The summed E-state index contributed by atoms with van der Waals surface area (Å²) in [7, 11) is 0. The third kappa shape index (κ3) is 5.20. The van der Waals surface area contributed by atoms with E-state index in [1.54, 1.807) is 0 Å². The molecule has 36 heavy (non-hydrogen) atoms. The number of rotatable bonds is 6. The summed E-state index contributed by atoms with van der Waals surface area (Å²) < 4.78 is 5.36. The Labute approximate surface area is 214 Å². The first-order chi connectivity index (χ1) is 17.4. The van der Waals surface area contributed by atoms with E-state index in [4.69, 9.17) is 16.1 Å². The Morgan fingerprint density at radius 1 is 1.11 bits per heavy atom. The first-order valence-corrected chi connectivity index (χ1v) is 12.5. The highest BCUT2D eigenvalue weighted by atomic mass is 35.5. The van der Waals surface area contributed by atoms with Crippen LogP contribution in [0.5, 0.6) is 0 Å². The van der Waals surface area contributed by atoms with Crippen molar-refractivity contribution in [3.05, 3.63) is 70.3 Å². The van der Waals surface area contributed by atoms with Crippen molar-refractivity contribution < 1.29 is 14.4 Å². The zero-order valence-corrected chi connectivity index (χ0v) is 21.0. The van der Waals surface area contributed by atoms with Crippen LogP contribution in [-0.2, 0) is 6.54 Å². The van der Waals surface area contributed by atoms with Gasteiger partial charge in [-0.25, -0.2) is 9.97 Å². The zero-order chi connectivity index (χ0) is 25.2. The first-order valence-electron chi connectivity index (χ1n) is 12.1. The average Bonchev–Trinajstić information content (AvgIpc) is 3.21. The summed E-state index contributed by atoms with van der Waals surface area (Å²) in [6, 6.07) is 13.4. The fraction of sp³-hybridized carbons (Fsp3) is 0.333. The third-order valence-corrected chi connectivity index (χ3v) is 6.84. The Morgan fingerprint density at radius 3 is 2.64 bits per heavy atom. The molecule has 4 aromatic rings. The molecule has 0 bridgehead atoms. The summed E-state index contributed by atoms with van der Waals surface area (Å²) in [6.45, 7) is 4.26. The molecule has 9 heteroatoms. The third-order valence-electron chi connectivity index (χ3n) is 6.60. The molecule has 0 saturated heterocycles. The van der Waals surface area contributed by atoms with Crippen LogP contribution >= 0.6 is 11.6 Å². The van der Waals surface area contributed by atoms with E-state index in [2.05, 4.69) is 25.8 Å². The lowest BCUT2D eigenvalue weighted by Crippen LogP contribution is -2.39. The summed E-state index contributed by atoms with van der Waals surface area (Å²) >= 11 is 6.16. The van der Waals surface area contributed by atoms with Gasteiger partial charge in [-0.2, -0.15) is 0 Å². The van der Waals surface area contributed by atoms with Crippen LogP contribution in [0.2, 0.25) is 5.02 Å². The van der Waals surface area contributed by atoms with Crippen LogP contribution in [0.25, 0.3) is 22.0 Å². The van der Waals surface area contributed by atoms with Gasteiger partial charge in [0, 0.05) is 28.6 Å². The number of benzene rings is 2. The standard InChI is InChI=1S/C27H28ClN5O3/c1-15-24(16(2)36-33-15)18-6-11-23-22(13-18)25(29-14-17-4-3-5-19(28)12-17)32-26(31-23)27(35)30-20-7-9-21(34)10-8-20/h3-6,11-13,20-21,34H,7-10,14H2,1-2H3,(H,30,35)(H,29,31,32)/t20-,21-. The molecule has 8 nitrogen and oxygen atoms in total. The molecule has 1 saturated carbocycles. The predicted octanol–water partition coefficient (Wildman–Crippen LogP) is 5.20. The minimum Gasteiger partial charge on any atom is -0.393 e. The number of nitrogens with one attached hydrogen (secondary N) is 2. The Hall–Kier alpha value is -3.49. The van der Waals surface area contributed by atoms with Crippen molar-refractivity contribution in [3.8, 4) is 11.1 Å². The van der Waals surface area contributed by atoms with Crippen molar-refractivity contribution in [3.63, 3.8) is 0 Å². The topological polar surface area (TPSA) is 113 Å². The monoisotopic (exact) mass is 505 g/mol. The summed E-state index contributed by atoms with van der Waals surface area (Å²) in [5, 5.41) is 21.7. The highest BCUT2D eigenvalue weighted by Gasteiger charge is 2.23. The second-order valence-corrected chi connectivity index (χ2v) is 9.73. The first kappa shape index (κ1) is 24.2. The highest BCUT2D eigenvalue weighted by molar-refractivity contribution is 6.30. The van der Waals surface area contributed by atoms with Crippen molar-refractivity contribution in [1.82, 2.24) is 20.4 Å². The number of aryl methyl sites for hydroxylation is 2. The molecule has 1 aliphatic rings. The fourth-order valence-corrected chi connectivity index (χ4v) is 4.93. The number of anilines is 1. The van der Waals surface area contributed by atoms with E-state index in [-0.39, 0.29) is 23.9 Å². The number of amides is 1. The van der Waals surface area contributed by atoms with Crippen molar-refractivity contribution in [2.75, 3.05) is 5.32 Å². The van der Waals surface area contributed by atoms with Crippen molar-refractivity contribution in [1.29, 1.82) is 0 Å². The molecule has 0 atom stereocenters. The SMILES string of the molecule is Cc1noc(C)c1-c1ccc2nc(C(=O)N[C@H]3CC[C@H](O)CC3)nc(NCc3cccc(Cl)c3)c2c1. The molecule has 2 aromatic heterocycles. The Morgan fingerprint density at radius 2 is 1.92 bits per heavy atom. The molecular weight excluding hydrogens is 478 g/mol. The number of hydrogen-bond acceptors (Lipinski definition) is 7. The summed E-state index contributed by atoms with van der Waals surface area (Å²) in [5.41, 5.74) is 4.31. The molecule has 0 aliphatic heterocycles. The lowest BCUT2D eigenvalue weighted by atomic mass is 9.93. The van der Waals surface area contributed by atoms with Gasteiger partial charge in [-0.3, -0.25) is 4.79 Å². The minimum atomic E-state index is -0.320. The number of nitrogens with zero attached hydrogens (tertiary/aromatic N) is 3. The maximum absolute atomic E-state index is 13.1. The summed E-state index contributed by atoms with van der Waals surface area (Å²) in [5.74, 6) is 1.07. The van der Waals surface area contributed by atoms with E-state index in [1.165, 1.54) is 0 Å². The molecule has 1 amide bonds. The minimum absolute atomic E-state index is 0.00461. The molecule has 2 aromatic carbocycles. The summed E-state index contributed by atoms with van der Waals surface area (Å²) in [6.07, 6.45) is 2.55. The lowest BCUT2D eigenvalue weighted by Gasteiger charge is -2.25. The highest BCUT2D eigenvalue weighted by Crippen LogP contribution is 2.32. The van der Waals surface area contributed by atoms with Gasteiger partial charge in [-0.1, -0.05) is 35.0 Å². The maximum atomic E-state index is 13.1.